The van der Waals surface area contributed by atoms with Gasteiger partial charge in [0.2, 0.25) is 0 Å². The van der Waals surface area contributed by atoms with E-state index in [9.17, 15) is 14.3 Å². The van der Waals surface area contributed by atoms with E-state index in [0.29, 0.717) is 0 Å². The van der Waals surface area contributed by atoms with E-state index in [1.807, 2.05) is 0 Å². The molecule has 0 saturated carbocycles. The number of halogens is 1. The Morgan fingerprint density at radius 1 is 1.39 bits per heavy atom. The standard InChI is InChI=1S/C13H17FO4/c1-18-8-12(15)7-10(13(16)17)6-9-2-4-11(14)5-3-9/h2-5,10,12,15H,6-8H2,1H3,(H,16,17). The van der Waals surface area contributed by atoms with Gasteiger partial charge < -0.3 is 14.9 Å². The Bertz CT molecular complexity index is 377. The molecule has 2 unspecified atom stereocenters. The molecule has 5 heteroatoms. The average molecular weight is 256 g/mol. The molecule has 18 heavy (non-hydrogen) atoms. The number of carboxylic acids is 1. The summed E-state index contributed by atoms with van der Waals surface area (Å²) in [5, 5.41) is 18.6. The monoisotopic (exact) mass is 256 g/mol. The molecule has 0 radical (unpaired) electrons. The Morgan fingerprint density at radius 2 is 2.00 bits per heavy atom. The minimum absolute atomic E-state index is 0.104. The summed E-state index contributed by atoms with van der Waals surface area (Å²) >= 11 is 0. The fourth-order valence-electron chi connectivity index (χ4n) is 1.77. The van der Waals surface area contributed by atoms with Gasteiger partial charge in [-0.05, 0) is 30.5 Å². The van der Waals surface area contributed by atoms with Crippen molar-refractivity contribution in [3.05, 3.63) is 35.6 Å². The van der Waals surface area contributed by atoms with Crippen LogP contribution < -0.4 is 0 Å². The number of methoxy groups -OCH3 is 1. The van der Waals surface area contributed by atoms with Gasteiger partial charge in [-0.3, -0.25) is 4.79 Å². The zero-order valence-electron chi connectivity index (χ0n) is 10.2. The number of benzene rings is 1. The lowest BCUT2D eigenvalue weighted by Gasteiger charge is -2.16. The molecule has 0 amide bonds. The van der Waals surface area contributed by atoms with Gasteiger partial charge in [0.15, 0.2) is 0 Å². The van der Waals surface area contributed by atoms with Crippen molar-refractivity contribution in [2.75, 3.05) is 13.7 Å². The number of ether oxygens (including phenoxy) is 1. The first-order valence-corrected chi connectivity index (χ1v) is 5.67. The fourth-order valence-corrected chi connectivity index (χ4v) is 1.77. The smallest absolute Gasteiger partial charge is 0.306 e. The molecule has 0 fully saturated rings. The molecule has 2 atom stereocenters. The molecule has 0 aliphatic rings. The Hall–Kier alpha value is -1.46. The Labute approximate surface area is 105 Å². The Morgan fingerprint density at radius 3 is 2.50 bits per heavy atom. The maximum absolute atomic E-state index is 12.7. The minimum Gasteiger partial charge on any atom is -0.481 e. The zero-order chi connectivity index (χ0) is 13.5. The molecule has 0 aliphatic carbocycles. The third kappa shape index (κ3) is 4.81. The molecule has 1 rings (SSSR count). The molecule has 0 aliphatic heterocycles. The predicted molar refractivity (Wildman–Crippen MR) is 63.7 cm³/mol. The van der Waals surface area contributed by atoms with Gasteiger partial charge in [0, 0.05) is 7.11 Å². The van der Waals surface area contributed by atoms with Gasteiger partial charge in [0.05, 0.1) is 18.6 Å². The van der Waals surface area contributed by atoms with E-state index in [4.69, 9.17) is 9.84 Å². The Kier molecular flexibility index (Phi) is 5.74. The summed E-state index contributed by atoms with van der Waals surface area (Å²) in [6.45, 7) is 0.104. The highest BCUT2D eigenvalue weighted by molar-refractivity contribution is 5.70. The largest absolute Gasteiger partial charge is 0.481 e. The second-order valence-electron chi connectivity index (χ2n) is 4.21. The second-order valence-corrected chi connectivity index (χ2v) is 4.21. The molecule has 0 heterocycles. The van der Waals surface area contributed by atoms with Crippen LogP contribution in [0.2, 0.25) is 0 Å². The van der Waals surface area contributed by atoms with E-state index >= 15 is 0 Å². The first-order valence-electron chi connectivity index (χ1n) is 5.67. The van der Waals surface area contributed by atoms with Crippen molar-refractivity contribution in [2.45, 2.75) is 18.9 Å². The lowest BCUT2D eigenvalue weighted by atomic mass is 9.94. The molecule has 0 saturated heterocycles. The van der Waals surface area contributed by atoms with Gasteiger partial charge in [-0.25, -0.2) is 4.39 Å². The SMILES string of the molecule is COCC(O)CC(Cc1ccc(F)cc1)C(=O)O. The van der Waals surface area contributed by atoms with E-state index in [2.05, 4.69) is 0 Å². The van der Waals surface area contributed by atoms with Gasteiger partial charge in [0.25, 0.3) is 0 Å². The number of rotatable bonds is 7. The third-order valence-corrected chi connectivity index (χ3v) is 2.66. The summed E-state index contributed by atoms with van der Waals surface area (Å²) in [7, 11) is 1.44. The van der Waals surface area contributed by atoms with Crippen molar-refractivity contribution in [1.29, 1.82) is 0 Å². The molecule has 4 nitrogen and oxygen atoms in total. The van der Waals surface area contributed by atoms with Crippen molar-refractivity contribution in [3.8, 4) is 0 Å². The summed E-state index contributed by atoms with van der Waals surface area (Å²) in [6.07, 6.45) is -0.437. The first-order chi connectivity index (χ1) is 8.52. The van der Waals surface area contributed by atoms with Crippen LogP contribution in [0, 0.1) is 11.7 Å². The van der Waals surface area contributed by atoms with Crippen LogP contribution in [0.4, 0.5) is 4.39 Å². The van der Waals surface area contributed by atoms with Gasteiger partial charge in [-0.1, -0.05) is 12.1 Å². The third-order valence-electron chi connectivity index (χ3n) is 2.66. The summed E-state index contributed by atoms with van der Waals surface area (Å²) in [5.74, 6) is -2.04. The van der Waals surface area contributed by atoms with Crippen LogP contribution in [0.3, 0.4) is 0 Å². The quantitative estimate of drug-likeness (QED) is 0.775. The van der Waals surface area contributed by atoms with Crippen molar-refractivity contribution >= 4 is 5.97 Å². The second kappa shape index (κ2) is 7.08. The molecule has 0 spiro atoms. The molecular weight excluding hydrogens is 239 g/mol. The van der Waals surface area contributed by atoms with Crippen LogP contribution in [-0.4, -0.2) is 36.0 Å². The fraction of sp³-hybridized carbons (Fsp3) is 0.462. The lowest BCUT2D eigenvalue weighted by molar-refractivity contribution is -0.143. The van der Waals surface area contributed by atoms with E-state index in [0.717, 1.165) is 5.56 Å². The molecule has 1 aromatic rings. The molecule has 100 valence electrons. The molecule has 0 bridgehead atoms. The van der Waals surface area contributed by atoms with E-state index in [1.165, 1.54) is 19.2 Å². The van der Waals surface area contributed by atoms with Crippen molar-refractivity contribution in [3.63, 3.8) is 0 Å². The number of aliphatic hydroxyl groups excluding tert-OH is 1. The highest BCUT2D eigenvalue weighted by Crippen LogP contribution is 2.15. The predicted octanol–water partition coefficient (Wildman–Crippen LogP) is 1.47. The Balaban J connectivity index is 2.62. The first kappa shape index (κ1) is 14.6. The van der Waals surface area contributed by atoms with Crippen LogP contribution in [0.25, 0.3) is 0 Å². The normalized spacial score (nSPS) is 14.2. The number of carboxylic acid groups (broad SMARTS) is 1. The summed E-state index contributed by atoms with van der Waals surface area (Å²) in [6, 6.07) is 5.68. The molecule has 2 N–H and O–H groups in total. The van der Waals surface area contributed by atoms with Gasteiger partial charge in [0.1, 0.15) is 5.82 Å². The number of carbonyl (C=O) groups is 1. The number of aliphatic carboxylic acids is 1. The maximum atomic E-state index is 12.7. The van der Waals surface area contributed by atoms with Gasteiger partial charge in [-0.15, -0.1) is 0 Å². The van der Waals surface area contributed by atoms with Crippen molar-refractivity contribution in [1.82, 2.24) is 0 Å². The van der Waals surface area contributed by atoms with Gasteiger partial charge in [-0.2, -0.15) is 0 Å². The highest BCUT2D eigenvalue weighted by atomic mass is 19.1. The molecule has 0 aromatic heterocycles. The number of hydrogen-bond donors (Lipinski definition) is 2. The van der Waals surface area contributed by atoms with Crippen LogP contribution in [0.15, 0.2) is 24.3 Å². The van der Waals surface area contributed by atoms with Crippen LogP contribution >= 0.6 is 0 Å². The van der Waals surface area contributed by atoms with Crippen molar-refractivity contribution in [2.24, 2.45) is 5.92 Å². The summed E-state index contributed by atoms with van der Waals surface area (Å²) in [4.78, 5) is 11.1. The van der Waals surface area contributed by atoms with E-state index in [1.54, 1.807) is 12.1 Å². The average Bonchev–Trinajstić information content (AvgIpc) is 2.31. The van der Waals surface area contributed by atoms with E-state index in [-0.39, 0.29) is 25.3 Å². The zero-order valence-corrected chi connectivity index (χ0v) is 10.2. The maximum Gasteiger partial charge on any atom is 0.306 e. The lowest BCUT2D eigenvalue weighted by Crippen LogP contribution is -2.25. The van der Waals surface area contributed by atoms with Crippen LogP contribution in [-0.2, 0) is 16.0 Å². The topological polar surface area (TPSA) is 66.8 Å². The van der Waals surface area contributed by atoms with Gasteiger partial charge >= 0.3 is 5.97 Å². The summed E-state index contributed by atoms with van der Waals surface area (Å²) < 4.78 is 17.5. The molecular formula is C13H17FO4. The highest BCUT2D eigenvalue weighted by Gasteiger charge is 2.21. The number of aliphatic hydroxyl groups is 1. The van der Waals surface area contributed by atoms with E-state index < -0.39 is 18.0 Å². The number of hydrogen-bond acceptors (Lipinski definition) is 3. The summed E-state index contributed by atoms with van der Waals surface area (Å²) in [5.41, 5.74) is 0.730. The van der Waals surface area contributed by atoms with Crippen molar-refractivity contribution < 1.29 is 24.1 Å². The van der Waals surface area contributed by atoms with Crippen LogP contribution in [0.1, 0.15) is 12.0 Å². The minimum atomic E-state index is -0.977. The molecule has 1 aromatic carbocycles. The van der Waals surface area contributed by atoms with Crippen LogP contribution in [0.5, 0.6) is 0 Å².